The zero-order valence-corrected chi connectivity index (χ0v) is 27.5. The van der Waals surface area contributed by atoms with Crippen LogP contribution in [0.5, 0.6) is 5.88 Å². The molecule has 2 N–H and O–H groups in total. The van der Waals surface area contributed by atoms with E-state index in [1.54, 1.807) is 13.2 Å². The number of ether oxygens (including phenoxy) is 1. The van der Waals surface area contributed by atoms with E-state index in [1.165, 1.54) is 0 Å². The molecule has 4 aromatic rings. The molecule has 0 radical (unpaired) electrons. The zero-order valence-electron chi connectivity index (χ0n) is 26.0. The molecule has 0 atom stereocenters. The van der Waals surface area contributed by atoms with E-state index in [2.05, 4.69) is 25.4 Å². The molecular weight excluding hydrogens is 625 g/mol. The minimum atomic E-state index is -0.323. The molecule has 3 aliphatic heterocycles. The van der Waals surface area contributed by atoms with E-state index in [4.69, 9.17) is 32.9 Å². The molecule has 2 aromatic heterocycles. The highest BCUT2D eigenvalue weighted by atomic mass is 35.5. The van der Waals surface area contributed by atoms with Crippen molar-refractivity contribution in [3.05, 3.63) is 81.4 Å². The van der Waals surface area contributed by atoms with Gasteiger partial charge in [-0.2, -0.15) is 0 Å². The average molecular weight is 661 g/mol. The van der Waals surface area contributed by atoms with Gasteiger partial charge < -0.3 is 24.8 Å². The molecule has 0 aliphatic carbocycles. The van der Waals surface area contributed by atoms with Crippen molar-refractivity contribution in [3.63, 3.8) is 0 Å². The van der Waals surface area contributed by atoms with Gasteiger partial charge in [0.1, 0.15) is 0 Å². The van der Waals surface area contributed by atoms with E-state index in [-0.39, 0.29) is 17.4 Å². The van der Waals surface area contributed by atoms with Crippen LogP contribution in [-0.2, 0) is 31.4 Å². The number of hydrogen-bond donors (Lipinski definition) is 2. The van der Waals surface area contributed by atoms with Crippen LogP contribution in [0.4, 0.5) is 5.69 Å². The molecular formula is C34H35Cl2N7O3. The Bertz CT molecular complexity index is 1870. The number of rotatable bonds is 7. The Morgan fingerprint density at radius 1 is 1.00 bits per heavy atom. The topological polar surface area (TPSA) is 105 Å². The highest BCUT2D eigenvalue weighted by Gasteiger charge is 2.47. The van der Waals surface area contributed by atoms with Crippen LogP contribution < -0.4 is 15.4 Å². The normalized spacial score (nSPS) is 17.5. The van der Waals surface area contributed by atoms with Crippen molar-refractivity contribution in [2.45, 2.75) is 37.9 Å². The monoisotopic (exact) mass is 659 g/mol. The first-order valence-corrected chi connectivity index (χ1v) is 16.1. The van der Waals surface area contributed by atoms with E-state index in [0.29, 0.717) is 63.8 Å². The maximum Gasteiger partial charge on any atom is 0.291 e. The number of imidazole rings is 1. The number of fused-ring (bicyclic) bond motifs is 1. The van der Waals surface area contributed by atoms with E-state index < -0.39 is 0 Å². The number of likely N-dealkylation sites (N-methyl/N-ethyl adjacent to an activating group) is 1. The van der Waals surface area contributed by atoms with Crippen LogP contribution in [0.15, 0.2) is 48.5 Å². The first-order valence-electron chi connectivity index (χ1n) is 15.3. The molecule has 2 aromatic carbocycles. The summed E-state index contributed by atoms with van der Waals surface area (Å²) in [6.45, 7) is 3.95. The number of nitrogens with zero attached hydrogens (tertiary/aromatic N) is 5. The van der Waals surface area contributed by atoms with E-state index in [0.717, 1.165) is 55.0 Å². The third-order valence-corrected chi connectivity index (χ3v) is 10.1. The van der Waals surface area contributed by atoms with Gasteiger partial charge in [-0.25, -0.2) is 9.97 Å². The highest BCUT2D eigenvalue weighted by Crippen LogP contribution is 2.42. The fourth-order valence-corrected chi connectivity index (χ4v) is 7.50. The van der Waals surface area contributed by atoms with Crippen LogP contribution in [0.1, 0.15) is 40.4 Å². The third-order valence-electron chi connectivity index (χ3n) is 9.28. The Morgan fingerprint density at radius 3 is 2.48 bits per heavy atom. The Morgan fingerprint density at radius 2 is 1.74 bits per heavy atom. The molecule has 2 saturated heterocycles. The quantitative estimate of drug-likeness (QED) is 0.282. The van der Waals surface area contributed by atoms with E-state index in [1.807, 2.05) is 61.1 Å². The summed E-state index contributed by atoms with van der Waals surface area (Å²) in [5, 5.41) is 6.95. The lowest BCUT2D eigenvalue weighted by Crippen LogP contribution is -2.66. The average Bonchev–Trinajstić information content (AvgIpc) is 3.58. The van der Waals surface area contributed by atoms with Gasteiger partial charge in [0.15, 0.2) is 5.82 Å². The molecule has 10 nitrogen and oxygen atoms in total. The Hall–Kier alpha value is -3.96. The van der Waals surface area contributed by atoms with Crippen LogP contribution in [0.25, 0.3) is 22.4 Å². The lowest BCUT2D eigenvalue weighted by Gasteiger charge is -2.48. The molecule has 0 unspecified atom stereocenters. The summed E-state index contributed by atoms with van der Waals surface area (Å²) in [5.74, 6) is 0.692. The number of halogens is 2. The van der Waals surface area contributed by atoms with Crippen molar-refractivity contribution in [1.82, 2.24) is 29.7 Å². The number of amides is 2. The number of carbonyl (C=O) groups is 2. The summed E-state index contributed by atoms with van der Waals surface area (Å²) in [7, 11) is 5.54. The smallest absolute Gasteiger partial charge is 0.291 e. The Labute approximate surface area is 277 Å². The minimum absolute atomic E-state index is 0.0813. The van der Waals surface area contributed by atoms with Gasteiger partial charge >= 0.3 is 0 Å². The number of pyridine rings is 1. The van der Waals surface area contributed by atoms with Crippen LogP contribution in [0.3, 0.4) is 0 Å². The van der Waals surface area contributed by atoms with Gasteiger partial charge in [-0.3, -0.25) is 14.5 Å². The van der Waals surface area contributed by atoms with Gasteiger partial charge in [0.05, 0.1) is 39.8 Å². The van der Waals surface area contributed by atoms with Crippen LogP contribution in [-0.4, -0.2) is 75.5 Å². The lowest BCUT2D eigenvalue weighted by atomic mass is 9.88. The van der Waals surface area contributed by atoms with Crippen molar-refractivity contribution in [2.75, 3.05) is 39.1 Å². The van der Waals surface area contributed by atoms with Crippen LogP contribution in [0.2, 0.25) is 10.0 Å². The maximum absolute atomic E-state index is 13.4. The number of benzene rings is 2. The second-order valence-electron chi connectivity index (χ2n) is 12.5. The number of nitrogens with one attached hydrogen (secondary N) is 2. The molecule has 1 spiro atoms. The van der Waals surface area contributed by atoms with Crippen LogP contribution in [0, 0.1) is 0 Å². The molecule has 46 heavy (non-hydrogen) atoms. The first kappa shape index (κ1) is 30.7. The molecule has 12 heteroatoms. The van der Waals surface area contributed by atoms with Crippen molar-refractivity contribution >= 4 is 40.7 Å². The molecule has 3 aliphatic rings. The van der Waals surface area contributed by atoms with Gasteiger partial charge in [0.2, 0.25) is 11.8 Å². The van der Waals surface area contributed by atoms with E-state index >= 15 is 0 Å². The molecule has 0 saturated carbocycles. The minimum Gasteiger partial charge on any atom is -0.481 e. The number of carbonyl (C=O) groups excluding carboxylic acids is 2. The van der Waals surface area contributed by atoms with Crippen LogP contribution >= 0.6 is 23.2 Å². The first-order chi connectivity index (χ1) is 22.1. The highest BCUT2D eigenvalue weighted by molar-refractivity contribution is 6.39. The van der Waals surface area contributed by atoms with Crippen molar-refractivity contribution in [3.8, 4) is 28.3 Å². The molecule has 2 amide bonds. The lowest BCUT2D eigenvalue weighted by molar-refractivity contribution is -0.120. The summed E-state index contributed by atoms with van der Waals surface area (Å²) in [5.41, 5.74) is 6.15. The van der Waals surface area contributed by atoms with Gasteiger partial charge in [0, 0.05) is 80.6 Å². The molecule has 2 fully saturated rings. The summed E-state index contributed by atoms with van der Waals surface area (Å²) in [6.07, 6.45) is 2.33. The largest absolute Gasteiger partial charge is 0.481 e. The second kappa shape index (κ2) is 12.0. The van der Waals surface area contributed by atoms with Gasteiger partial charge in [0.25, 0.3) is 5.91 Å². The molecule has 7 rings (SSSR count). The maximum atomic E-state index is 13.4. The number of hydrogen-bond acceptors (Lipinski definition) is 7. The van der Waals surface area contributed by atoms with Crippen molar-refractivity contribution < 1.29 is 14.3 Å². The molecule has 238 valence electrons. The van der Waals surface area contributed by atoms with Gasteiger partial charge in [-0.1, -0.05) is 59.6 Å². The standard InChI is InChI=1S/C34H35Cl2N7O3/c1-41-15-13-27-26(17-41)37-31(42(27)2)32(45)38-25-9-5-7-22(30(25)36)21-6-4-8-23(29(21)35)24-11-10-20(33(39-24)46-3)16-43-18-34(19-43)14-12-28(44)40-34/h4-11H,12-19H2,1-3H3,(H,38,45)(H,40,44). The predicted octanol–water partition coefficient (Wildman–Crippen LogP) is 5.17. The number of likely N-dealkylation sites (tertiary alicyclic amines) is 1. The summed E-state index contributed by atoms with van der Waals surface area (Å²) in [4.78, 5) is 39.0. The van der Waals surface area contributed by atoms with Crippen molar-refractivity contribution in [1.29, 1.82) is 0 Å². The SMILES string of the molecule is COc1nc(-c2cccc(-c3cccc(NC(=O)c4nc5c(n4C)CCN(C)C5)c3Cl)c2Cl)ccc1CN1CC2(CCC(=O)N2)C1. The fourth-order valence-electron chi connectivity index (χ4n) is 6.90. The Kier molecular flexibility index (Phi) is 8.01. The van der Waals surface area contributed by atoms with Crippen molar-refractivity contribution in [2.24, 2.45) is 7.05 Å². The molecule has 0 bridgehead atoms. The Balaban J connectivity index is 1.12. The summed E-state index contributed by atoms with van der Waals surface area (Å²) < 4.78 is 7.57. The third kappa shape index (κ3) is 5.53. The fraction of sp³-hybridized carbons (Fsp3) is 0.353. The summed E-state index contributed by atoms with van der Waals surface area (Å²) >= 11 is 14.0. The molecule has 5 heterocycles. The summed E-state index contributed by atoms with van der Waals surface area (Å²) in [6, 6.07) is 15.2. The zero-order chi connectivity index (χ0) is 32.2. The van der Waals surface area contributed by atoms with Gasteiger partial charge in [-0.15, -0.1) is 0 Å². The van der Waals surface area contributed by atoms with E-state index in [9.17, 15) is 9.59 Å². The number of methoxy groups -OCH3 is 1. The number of anilines is 1. The van der Waals surface area contributed by atoms with Gasteiger partial charge in [-0.05, 0) is 25.6 Å². The predicted molar refractivity (Wildman–Crippen MR) is 178 cm³/mol. The second-order valence-corrected chi connectivity index (χ2v) is 13.3. The number of aromatic nitrogens is 3.